The minimum absolute atomic E-state index is 0.453. The lowest BCUT2D eigenvalue weighted by Crippen LogP contribution is -2.29. The summed E-state index contributed by atoms with van der Waals surface area (Å²) in [6.07, 6.45) is 2.38. The van der Waals surface area contributed by atoms with Gasteiger partial charge in [-0.15, -0.1) is 0 Å². The van der Waals surface area contributed by atoms with Crippen LogP contribution in [0.2, 0.25) is 0 Å². The van der Waals surface area contributed by atoms with Crippen LogP contribution in [0.4, 0.5) is 0 Å². The number of hydrogen-bond donors (Lipinski definition) is 1. The molecule has 1 aliphatic heterocycles. The molecule has 2 aromatic rings. The van der Waals surface area contributed by atoms with E-state index in [1.54, 1.807) is 7.11 Å². The molecule has 1 atom stereocenters. The second-order valence-corrected chi connectivity index (χ2v) is 5.34. The molecule has 96 valence electrons. The summed E-state index contributed by atoms with van der Waals surface area (Å²) in [6.45, 7) is 2.10. The van der Waals surface area contributed by atoms with Crippen LogP contribution < -0.4 is 10.1 Å². The third-order valence-corrected chi connectivity index (χ3v) is 4.06. The summed E-state index contributed by atoms with van der Waals surface area (Å²) < 4.78 is 8.46. The molecule has 2 aromatic heterocycles. The van der Waals surface area contributed by atoms with Crippen molar-refractivity contribution in [3.63, 3.8) is 0 Å². The van der Waals surface area contributed by atoms with Gasteiger partial charge in [0.2, 0.25) is 0 Å². The minimum Gasteiger partial charge on any atom is -0.482 e. The van der Waals surface area contributed by atoms with Gasteiger partial charge in [-0.3, -0.25) is 4.40 Å². The Morgan fingerprint density at radius 2 is 2.39 bits per heavy atom. The number of nitrogens with one attached hydrogen (secondary N) is 1. The third kappa shape index (κ3) is 1.91. The highest BCUT2D eigenvalue weighted by atomic mass is 79.9. The average Bonchev–Trinajstić information content (AvgIpc) is 2.77. The predicted octanol–water partition coefficient (Wildman–Crippen LogP) is 2.57. The molecule has 18 heavy (non-hydrogen) atoms. The van der Waals surface area contributed by atoms with Crippen molar-refractivity contribution in [2.24, 2.45) is 0 Å². The van der Waals surface area contributed by atoms with Crippen LogP contribution in [-0.2, 0) is 0 Å². The highest BCUT2D eigenvalue weighted by Gasteiger charge is 2.22. The van der Waals surface area contributed by atoms with Crippen LogP contribution in [0, 0.1) is 0 Å². The highest BCUT2D eigenvalue weighted by molar-refractivity contribution is 9.10. The SMILES string of the molecule is COc1cccc2c(Br)nc(C3CCCNC3)n12. The Bertz CT molecular complexity index is 561. The molecule has 3 rings (SSSR count). The van der Waals surface area contributed by atoms with Crippen molar-refractivity contribution >= 4 is 21.4 Å². The van der Waals surface area contributed by atoms with E-state index in [2.05, 4.69) is 36.7 Å². The molecular weight excluding hydrogens is 294 g/mol. The lowest BCUT2D eigenvalue weighted by molar-refractivity contribution is 0.382. The number of fused-ring (bicyclic) bond motifs is 1. The van der Waals surface area contributed by atoms with E-state index in [4.69, 9.17) is 4.74 Å². The Labute approximate surface area is 114 Å². The fourth-order valence-corrected chi connectivity index (χ4v) is 3.09. The molecule has 1 N–H and O–H groups in total. The number of halogens is 1. The number of piperidine rings is 1. The zero-order valence-electron chi connectivity index (χ0n) is 10.3. The normalized spacial score (nSPS) is 20.2. The first kappa shape index (κ1) is 12.0. The van der Waals surface area contributed by atoms with Gasteiger partial charge in [0.15, 0.2) is 5.88 Å². The molecule has 1 aliphatic rings. The molecule has 1 unspecified atom stereocenters. The van der Waals surface area contributed by atoms with Crippen LogP contribution in [-0.4, -0.2) is 29.6 Å². The monoisotopic (exact) mass is 309 g/mol. The van der Waals surface area contributed by atoms with Crippen molar-refractivity contribution < 1.29 is 4.74 Å². The summed E-state index contributed by atoms with van der Waals surface area (Å²) in [6, 6.07) is 6.02. The second-order valence-electron chi connectivity index (χ2n) is 4.59. The van der Waals surface area contributed by atoms with Crippen molar-refractivity contribution in [3.8, 4) is 5.88 Å². The number of pyridine rings is 1. The van der Waals surface area contributed by atoms with Crippen molar-refractivity contribution in [3.05, 3.63) is 28.6 Å². The standard InChI is InChI=1S/C13H16BrN3O/c1-18-11-6-2-5-10-12(14)16-13(17(10)11)9-4-3-7-15-8-9/h2,5-6,9,15H,3-4,7-8H2,1H3. The molecule has 0 bridgehead atoms. The summed E-state index contributed by atoms with van der Waals surface area (Å²) in [5.41, 5.74) is 1.06. The van der Waals surface area contributed by atoms with Crippen LogP contribution in [0.1, 0.15) is 24.6 Å². The quantitative estimate of drug-likeness (QED) is 0.926. The second kappa shape index (κ2) is 4.90. The van der Waals surface area contributed by atoms with E-state index in [9.17, 15) is 0 Å². The largest absolute Gasteiger partial charge is 0.482 e. The van der Waals surface area contributed by atoms with Crippen molar-refractivity contribution in [1.82, 2.24) is 14.7 Å². The number of rotatable bonds is 2. The number of imidazole rings is 1. The molecule has 3 heterocycles. The van der Waals surface area contributed by atoms with E-state index in [0.29, 0.717) is 5.92 Å². The molecule has 5 heteroatoms. The van der Waals surface area contributed by atoms with E-state index in [1.165, 1.54) is 12.8 Å². The van der Waals surface area contributed by atoms with E-state index in [0.717, 1.165) is 34.9 Å². The van der Waals surface area contributed by atoms with Crippen LogP contribution in [0.25, 0.3) is 5.52 Å². The lowest BCUT2D eigenvalue weighted by atomic mass is 9.99. The Morgan fingerprint density at radius 1 is 1.50 bits per heavy atom. The smallest absolute Gasteiger partial charge is 0.199 e. The molecule has 0 aliphatic carbocycles. The van der Waals surface area contributed by atoms with E-state index in [1.807, 2.05) is 12.1 Å². The number of aromatic nitrogens is 2. The van der Waals surface area contributed by atoms with Gasteiger partial charge in [-0.25, -0.2) is 4.98 Å². The van der Waals surface area contributed by atoms with Crippen LogP contribution >= 0.6 is 15.9 Å². The average molecular weight is 310 g/mol. The Morgan fingerprint density at radius 3 is 3.11 bits per heavy atom. The van der Waals surface area contributed by atoms with E-state index >= 15 is 0 Å². The van der Waals surface area contributed by atoms with Crippen LogP contribution in [0.5, 0.6) is 5.88 Å². The van der Waals surface area contributed by atoms with Gasteiger partial charge in [0.25, 0.3) is 0 Å². The Kier molecular flexibility index (Phi) is 3.26. The van der Waals surface area contributed by atoms with Gasteiger partial charge in [0.05, 0.1) is 12.6 Å². The maximum atomic E-state index is 5.45. The Balaban J connectivity index is 2.15. The van der Waals surface area contributed by atoms with E-state index < -0.39 is 0 Å². The van der Waals surface area contributed by atoms with Gasteiger partial charge >= 0.3 is 0 Å². The van der Waals surface area contributed by atoms with Crippen LogP contribution in [0.3, 0.4) is 0 Å². The molecule has 0 spiro atoms. The topological polar surface area (TPSA) is 38.6 Å². The summed E-state index contributed by atoms with van der Waals surface area (Å²) in [5, 5.41) is 3.44. The number of hydrogen-bond acceptors (Lipinski definition) is 3. The summed E-state index contributed by atoms with van der Waals surface area (Å²) >= 11 is 3.54. The maximum absolute atomic E-state index is 5.45. The van der Waals surface area contributed by atoms with Gasteiger partial charge in [0.1, 0.15) is 10.4 Å². The number of methoxy groups -OCH3 is 1. The van der Waals surface area contributed by atoms with Gasteiger partial charge in [-0.2, -0.15) is 0 Å². The molecule has 1 saturated heterocycles. The molecule has 4 nitrogen and oxygen atoms in total. The third-order valence-electron chi connectivity index (χ3n) is 3.48. The zero-order chi connectivity index (χ0) is 12.5. The van der Waals surface area contributed by atoms with Crippen LogP contribution in [0.15, 0.2) is 22.8 Å². The fourth-order valence-electron chi connectivity index (χ4n) is 2.60. The summed E-state index contributed by atoms with van der Waals surface area (Å²) in [7, 11) is 1.70. The van der Waals surface area contributed by atoms with Gasteiger partial charge in [-0.1, -0.05) is 6.07 Å². The zero-order valence-corrected chi connectivity index (χ0v) is 11.9. The minimum atomic E-state index is 0.453. The fraction of sp³-hybridized carbons (Fsp3) is 0.462. The predicted molar refractivity (Wildman–Crippen MR) is 74.3 cm³/mol. The van der Waals surface area contributed by atoms with Crippen molar-refractivity contribution in [2.75, 3.05) is 20.2 Å². The molecule has 0 amide bonds. The first-order valence-electron chi connectivity index (χ1n) is 6.23. The summed E-state index contributed by atoms with van der Waals surface area (Å²) in [5.74, 6) is 2.38. The van der Waals surface area contributed by atoms with E-state index in [-0.39, 0.29) is 0 Å². The van der Waals surface area contributed by atoms with Gasteiger partial charge in [-0.05, 0) is 47.4 Å². The molecule has 1 fully saturated rings. The van der Waals surface area contributed by atoms with Gasteiger partial charge in [0, 0.05) is 12.5 Å². The maximum Gasteiger partial charge on any atom is 0.199 e. The molecular formula is C13H16BrN3O. The molecule has 0 aromatic carbocycles. The summed E-state index contributed by atoms with van der Waals surface area (Å²) in [4.78, 5) is 4.68. The highest BCUT2D eigenvalue weighted by Crippen LogP contribution is 2.30. The number of nitrogens with zero attached hydrogens (tertiary/aromatic N) is 2. The van der Waals surface area contributed by atoms with Gasteiger partial charge < -0.3 is 10.1 Å². The first-order valence-corrected chi connectivity index (χ1v) is 7.02. The molecule has 0 saturated carbocycles. The first-order chi connectivity index (χ1) is 8.81. The van der Waals surface area contributed by atoms with Crippen molar-refractivity contribution in [1.29, 1.82) is 0 Å². The number of ether oxygens (including phenoxy) is 1. The molecule has 0 radical (unpaired) electrons. The lowest BCUT2D eigenvalue weighted by Gasteiger charge is -2.22. The Hall–Kier alpha value is -1.07. The van der Waals surface area contributed by atoms with Crippen molar-refractivity contribution in [2.45, 2.75) is 18.8 Å².